The van der Waals surface area contributed by atoms with E-state index in [1.54, 1.807) is 12.1 Å². The third kappa shape index (κ3) is 9.13. The Labute approximate surface area is 236 Å². The van der Waals surface area contributed by atoms with Gasteiger partial charge in [-0.15, -0.1) is 0 Å². The van der Waals surface area contributed by atoms with Crippen LogP contribution >= 0.6 is 0 Å². The molecule has 2 aromatic carbocycles. The van der Waals surface area contributed by atoms with Crippen LogP contribution in [0.2, 0.25) is 6.04 Å². The molecule has 40 heavy (non-hydrogen) atoms. The summed E-state index contributed by atoms with van der Waals surface area (Å²) in [6.07, 6.45) is -3.34. The monoisotopic (exact) mass is 574 g/mol. The van der Waals surface area contributed by atoms with Crippen molar-refractivity contribution in [3.63, 3.8) is 0 Å². The van der Waals surface area contributed by atoms with E-state index in [2.05, 4.69) is 5.32 Å². The lowest BCUT2D eigenvalue weighted by molar-refractivity contribution is -0.165. The van der Waals surface area contributed by atoms with Crippen molar-refractivity contribution in [3.8, 4) is 0 Å². The van der Waals surface area contributed by atoms with Gasteiger partial charge in [-0.1, -0.05) is 60.7 Å². The van der Waals surface area contributed by atoms with Crippen LogP contribution in [-0.4, -0.2) is 76.9 Å². The smallest absolute Gasteiger partial charge is 0.457 e. The number of nitrogens with zero attached hydrogens (tertiary/aromatic N) is 1. The highest BCUT2D eigenvalue weighted by Gasteiger charge is 2.46. The topological polar surface area (TPSA) is 122 Å². The van der Waals surface area contributed by atoms with E-state index in [4.69, 9.17) is 27.5 Å². The van der Waals surface area contributed by atoms with Crippen molar-refractivity contribution in [3.05, 3.63) is 71.8 Å². The van der Waals surface area contributed by atoms with Gasteiger partial charge in [0.2, 0.25) is 6.23 Å². The summed E-state index contributed by atoms with van der Waals surface area (Å²) in [7, 11) is -2.96. The fraction of sp³-hybridized carbons (Fsp3) is 0.464. The number of carbonyl (C=O) groups is 3. The van der Waals surface area contributed by atoms with Crippen molar-refractivity contribution in [2.75, 3.05) is 32.9 Å². The lowest BCUT2D eigenvalue weighted by Crippen LogP contribution is -2.49. The van der Waals surface area contributed by atoms with Gasteiger partial charge in [-0.25, -0.2) is 9.59 Å². The minimum atomic E-state index is -2.96. The number of rotatable bonds is 15. The van der Waals surface area contributed by atoms with E-state index < -0.39 is 39.1 Å². The molecule has 0 radical (unpaired) electrons. The van der Waals surface area contributed by atoms with Gasteiger partial charge in [0.15, 0.2) is 6.10 Å². The first-order valence-electron chi connectivity index (χ1n) is 13.4. The maximum Gasteiger partial charge on any atom is 0.502 e. The molecule has 1 fully saturated rings. The summed E-state index contributed by atoms with van der Waals surface area (Å²) in [5.41, 5.74) is 1.55. The van der Waals surface area contributed by atoms with E-state index in [1.807, 2.05) is 69.3 Å². The summed E-state index contributed by atoms with van der Waals surface area (Å²) in [5, 5.41) is 2.79. The van der Waals surface area contributed by atoms with Crippen LogP contribution in [0.5, 0.6) is 0 Å². The fourth-order valence-corrected chi connectivity index (χ4v) is 6.53. The molecule has 0 bridgehead atoms. The predicted octanol–water partition coefficient (Wildman–Crippen LogP) is 3.26. The molecule has 0 aliphatic carbocycles. The normalized spacial score (nSPS) is 16.9. The zero-order valence-electron chi connectivity index (χ0n) is 23.2. The highest BCUT2D eigenvalue weighted by Crippen LogP contribution is 2.21. The quantitative estimate of drug-likeness (QED) is 0.252. The highest BCUT2D eigenvalue weighted by atomic mass is 28.4. The fourth-order valence-electron chi connectivity index (χ4n) is 4.10. The lowest BCUT2D eigenvalue weighted by Gasteiger charge is -2.28. The largest absolute Gasteiger partial charge is 0.502 e. The second-order valence-electron chi connectivity index (χ2n) is 8.79. The Morgan fingerprint density at radius 3 is 1.90 bits per heavy atom. The Bertz CT molecular complexity index is 993. The zero-order valence-corrected chi connectivity index (χ0v) is 24.2. The molecular weight excluding hydrogens is 536 g/mol. The van der Waals surface area contributed by atoms with Crippen molar-refractivity contribution in [1.29, 1.82) is 0 Å². The lowest BCUT2D eigenvalue weighted by atomic mass is 10.2. The Morgan fingerprint density at radius 1 is 0.850 bits per heavy atom. The summed E-state index contributed by atoms with van der Waals surface area (Å²) in [5.74, 6) is -1.29. The van der Waals surface area contributed by atoms with E-state index >= 15 is 0 Å². The van der Waals surface area contributed by atoms with Crippen molar-refractivity contribution in [2.24, 2.45) is 0 Å². The van der Waals surface area contributed by atoms with Gasteiger partial charge in [0.05, 0.1) is 6.54 Å². The number of esters is 1. The Balaban J connectivity index is 1.64. The van der Waals surface area contributed by atoms with Crippen molar-refractivity contribution < 1.29 is 41.9 Å². The summed E-state index contributed by atoms with van der Waals surface area (Å²) >= 11 is 0. The molecule has 1 saturated heterocycles. The molecule has 0 spiro atoms. The predicted molar refractivity (Wildman–Crippen MR) is 147 cm³/mol. The van der Waals surface area contributed by atoms with E-state index in [0.717, 1.165) is 16.0 Å². The minimum Gasteiger partial charge on any atom is -0.457 e. The molecule has 2 amide bonds. The van der Waals surface area contributed by atoms with Crippen LogP contribution in [0.3, 0.4) is 0 Å². The molecule has 218 valence electrons. The van der Waals surface area contributed by atoms with Crippen LogP contribution < -0.4 is 5.32 Å². The van der Waals surface area contributed by atoms with Crippen molar-refractivity contribution in [1.82, 2.24) is 10.2 Å². The molecule has 11 nitrogen and oxygen atoms in total. The summed E-state index contributed by atoms with van der Waals surface area (Å²) < 4.78 is 34.0. The molecule has 0 saturated carbocycles. The van der Waals surface area contributed by atoms with Crippen LogP contribution in [0.1, 0.15) is 31.9 Å². The summed E-state index contributed by atoms with van der Waals surface area (Å²) in [6, 6.07) is 18.6. The van der Waals surface area contributed by atoms with Crippen molar-refractivity contribution in [2.45, 2.75) is 52.4 Å². The molecule has 1 aliphatic rings. The summed E-state index contributed by atoms with van der Waals surface area (Å²) in [6.45, 7) is 6.81. The van der Waals surface area contributed by atoms with Gasteiger partial charge in [0.1, 0.15) is 13.2 Å². The van der Waals surface area contributed by atoms with Gasteiger partial charge >= 0.3 is 20.9 Å². The number of ether oxygens (including phenoxy) is 3. The van der Waals surface area contributed by atoms with Gasteiger partial charge < -0.3 is 32.8 Å². The molecule has 2 atom stereocenters. The van der Waals surface area contributed by atoms with Gasteiger partial charge in [-0.2, -0.15) is 0 Å². The zero-order chi connectivity index (χ0) is 28.8. The maximum atomic E-state index is 13.0. The van der Waals surface area contributed by atoms with Gasteiger partial charge in [-0.3, -0.25) is 9.69 Å². The standard InChI is InChI=1S/C28H38N2O9Si/c1-4-36-40(37-5-2,38-6-3)18-17-29-25(31)24-19-30(28(33)35-21-23-15-11-8-12-16-23)26(39-24)27(32)34-20-22-13-9-7-10-14-22/h7-16,24,26H,4-6,17-21H2,1-3H3,(H,29,31)/t24?,26-/m0/s1. The summed E-state index contributed by atoms with van der Waals surface area (Å²) in [4.78, 5) is 40.0. The van der Waals surface area contributed by atoms with E-state index in [9.17, 15) is 14.4 Å². The average Bonchev–Trinajstić information content (AvgIpc) is 3.42. The number of benzene rings is 2. The number of nitrogens with one attached hydrogen (secondary N) is 1. The van der Waals surface area contributed by atoms with Crippen LogP contribution in [-0.2, 0) is 50.3 Å². The number of carbonyl (C=O) groups excluding carboxylic acids is 3. The molecule has 12 heteroatoms. The first-order valence-corrected chi connectivity index (χ1v) is 15.4. The van der Waals surface area contributed by atoms with Crippen LogP contribution in [0.25, 0.3) is 0 Å². The van der Waals surface area contributed by atoms with E-state index in [1.165, 1.54) is 0 Å². The third-order valence-electron chi connectivity index (χ3n) is 5.92. The molecule has 1 N–H and O–H groups in total. The average molecular weight is 575 g/mol. The molecule has 2 aromatic rings. The van der Waals surface area contributed by atoms with Crippen LogP contribution in [0.15, 0.2) is 60.7 Å². The maximum absolute atomic E-state index is 13.0. The first kappa shape index (κ1) is 31.2. The second kappa shape index (κ2) is 16.1. The Kier molecular flexibility index (Phi) is 12.6. The molecule has 3 rings (SSSR count). The molecule has 0 aromatic heterocycles. The number of hydrogen-bond acceptors (Lipinski definition) is 9. The van der Waals surface area contributed by atoms with Crippen LogP contribution in [0.4, 0.5) is 4.79 Å². The van der Waals surface area contributed by atoms with Gasteiger partial charge in [-0.05, 0) is 31.9 Å². The van der Waals surface area contributed by atoms with E-state index in [0.29, 0.717) is 25.9 Å². The molecule has 1 unspecified atom stereocenters. The Hall–Kier alpha value is -3.29. The van der Waals surface area contributed by atoms with Gasteiger partial charge in [0, 0.05) is 32.4 Å². The number of amides is 2. The highest BCUT2D eigenvalue weighted by molar-refractivity contribution is 6.60. The van der Waals surface area contributed by atoms with Gasteiger partial charge in [0.25, 0.3) is 5.91 Å². The third-order valence-corrected chi connectivity index (χ3v) is 8.97. The van der Waals surface area contributed by atoms with Crippen LogP contribution in [0, 0.1) is 0 Å². The van der Waals surface area contributed by atoms with E-state index in [-0.39, 0.29) is 26.3 Å². The first-order chi connectivity index (χ1) is 19.4. The minimum absolute atomic E-state index is 0.00217. The SMILES string of the molecule is CCO[Si](CCNC(=O)C1CN(C(=O)OCc2ccccc2)[C@H](C(=O)OCc2ccccc2)O1)(OCC)OCC. The molecule has 1 heterocycles. The van der Waals surface area contributed by atoms with Crippen molar-refractivity contribution >= 4 is 26.8 Å². The number of hydrogen-bond donors (Lipinski definition) is 1. The molecular formula is C28H38N2O9Si. The molecule has 1 aliphatic heterocycles. The second-order valence-corrected chi connectivity index (χ2v) is 11.5. The Morgan fingerprint density at radius 2 is 1.38 bits per heavy atom.